The number of aryl methyl sites for hydroxylation is 1. The number of anilines is 2. The SMILES string of the molecule is CC(Nc1ccc(-c2ccc(NCCCCc3ccccc3)cc2-c2ccccc2)cc1)c1ccccc1. The molecule has 5 aromatic rings. The number of benzene rings is 5. The van der Waals surface area contributed by atoms with Crippen molar-refractivity contribution in [2.45, 2.75) is 32.2 Å². The predicted molar refractivity (Wildman–Crippen MR) is 164 cm³/mol. The average molecular weight is 497 g/mol. The Kier molecular flexibility index (Phi) is 8.53. The lowest BCUT2D eigenvalue weighted by Gasteiger charge is -2.17. The van der Waals surface area contributed by atoms with Gasteiger partial charge in [0.15, 0.2) is 0 Å². The molecule has 0 heterocycles. The van der Waals surface area contributed by atoms with Crippen LogP contribution in [-0.2, 0) is 6.42 Å². The predicted octanol–water partition coefficient (Wildman–Crippen LogP) is 9.63. The van der Waals surface area contributed by atoms with Crippen molar-refractivity contribution in [1.29, 1.82) is 0 Å². The maximum absolute atomic E-state index is 3.66. The van der Waals surface area contributed by atoms with E-state index in [1.165, 1.54) is 45.5 Å². The molecular weight excluding hydrogens is 460 g/mol. The van der Waals surface area contributed by atoms with E-state index < -0.39 is 0 Å². The second-order valence-corrected chi connectivity index (χ2v) is 9.85. The Bertz CT molecular complexity index is 1390. The molecule has 5 rings (SSSR count). The molecule has 0 aliphatic rings. The Balaban J connectivity index is 1.28. The van der Waals surface area contributed by atoms with Gasteiger partial charge in [-0.1, -0.05) is 109 Å². The largest absolute Gasteiger partial charge is 0.385 e. The van der Waals surface area contributed by atoms with E-state index in [1.807, 2.05) is 0 Å². The molecular formula is C36H36N2. The highest BCUT2D eigenvalue weighted by molar-refractivity contribution is 5.86. The van der Waals surface area contributed by atoms with E-state index in [1.54, 1.807) is 0 Å². The van der Waals surface area contributed by atoms with E-state index in [-0.39, 0.29) is 6.04 Å². The number of nitrogens with one attached hydrogen (secondary N) is 2. The van der Waals surface area contributed by atoms with E-state index >= 15 is 0 Å². The number of unbranched alkanes of at least 4 members (excludes halogenated alkanes) is 1. The summed E-state index contributed by atoms with van der Waals surface area (Å²) in [7, 11) is 0. The lowest BCUT2D eigenvalue weighted by Crippen LogP contribution is -2.06. The van der Waals surface area contributed by atoms with Crippen LogP contribution in [0, 0.1) is 0 Å². The molecule has 0 radical (unpaired) electrons. The zero-order chi connectivity index (χ0) is 26.0. The second-order valence-electron chi connectivity index (χ2n) is 9.85. The molecule has 0 bridgehead atoms. The molecule has 0 fully saturated rings. The summed E-state index contributed by atoms with van der Waals surface area (Å²) in [6.07, 6.45) is 3.46. The van der Waals surface area contributed by atoms with Gasteiger partial charge in [-0.05, 0) is 83.8 Å². The monoisotopic (exact) mass is 496 g/mol. The van der Waals surface area contributed by atoms with Gasteiger partial charge in [0.05, 0.1) is 0 Å². The van der Waals surface area contributed by atoms with Gasteiger partial charge in [-0.2, -0.15) is 0 Å². The van der Waals surface area contributed by atoms with E-state index in [4.69, 9.17) is 0 Å². The van der Waals surface area contributed by atoms with Gasteiger partial charge in [-0.3, -0.25) is 0 Å². The summed E-state index contributed by atoms with van der Waals surface area (Å²) in [5.41, 5.74) is 9.94. The molecule has 2 N–H and O–H groups in total. The Morgan fingerprint density at radius 2 is 1.16 bits per heavy atom. The van der Waals surface area contributed by atoms with Gasteiger partial charge in [0, 0.05) is 24.0 Å². The van der Waals surface area contributed by atoms with Crippen molar-refractivity contribution in [1.82, 2.24) is 0 Å². The summed E-state index contributed by atoms with van der Waals surface area (Å²) in [6.45, 7) is 3.17. The van der Waals surface area contributed by atoms with Gasteiger partial charge >= 0.3 is 0 Å². The quantitative estimate of drug-likeness (QED) is 0.178. The van der Waals surface area contributed by atoms with E-state index in [0.29, 0.717) is 0 Å². The van der Waals surface area contributed by atoms with Crippen molar-refractivity contribution in [3.63, 3.8) is 0 Å². The molecule has 2 heteroatoms. The Hall–Kier alpha value is -4.30. The minimum absolute atomic E-state index is 0.250. The summed E-state index contributed by atoms with van der Waals surface area (Å²) in [4.78, 5) is 0. The standard InChI is InChI=1S/C36H36N2/c1-28(30-16-7-3-8-17-30)38-33-22-20-32(21-23-33)35-25-24-34(27-36(35)31-18-9-4-10-19-31)37-26-12-11-15-29-13-5-2-6-14-29/h2-10,13-14,16-25,27-28,37-38H,11-12,15,26H2,1H3. The van der Waals surface area contributed by atoms with Gasteiger partial charge in [0.25, 0.3) is 0 Å². The van der Waals surface area contributed by atoms with Gasteiger partial charge < -0.3 is 10.6 Å². The van der Waals surface area contributed by atoms with Crippen LogP contribution in [0.25, 0.3) is 22.3 Å². The first-order valence-corrected chi connectivity index (χ1v) is 13.7. The van der Waals surface area contributed by atoms with Crippen LogP contribution < -0.4 is 10.6 Å². The molecule has 0 amide bonds. The van der Waals surface area contributed by atoms with E-state index in [9.17, 15) is 0 Å². The van der Waals surface area contributed by atoms with Gasteiger partial charge in [-0.15, -0.1) is 0 Å². The van der Waals surface area contributed by atoms with E-state index in [0.717, 1.165) is 25.1 Å². The fourth-order valence-electron chi connectivity index (χ4n) is 4.92. The molecule has 1 unspecified atom stereocenters. The third kappa shape index (κ3) is 6.72. The van der Waals surface area contributed by atoms with Crippen molar-refractivity contribution < 1.29 is 0 Å². The minimum atomic E-state index is 0.250. The maximum Gasteiger partial charge on any atom is 0.0485 e. The summed E-state index contributed by atoms with van der Waals surface area (Å²) in [5.74, 6) is 0. The zero-order valence-corrected chi connectivity index (χ0v) is 22.1. The third-order valence-electron chi connectivity index (χ3n) is 7.05. The molecule has 0 saturated heterocycles. The van der Waals surface area contributed by atoms with Crippen LogP contribution >= 0.6 is 0 Å². The number of rotatable bonds is 11. The molecule has 0 aliphatic heterocycles. The zero-order valence-electron chi connectivity index (χ0n) is 22.1. The van der Waals surface area contributed by atoms with Crippen molar-refractivity contribution in [3.05, 3.63) is 145 Å². The molecule has 0 saturated carbocycles. The lowest BCUT2D eigenvalue weighted by molar-refractivity contribution is 0.763. The minimum Gasteiger partial charge on any atom is -0.385 e. The van der Waals surface area contributed by atoms with Crippen LogP contribution in [0.5, 0.6) is 0 Å². The van der Waals surface area contributed by atoms with Crippen molar-refractivity contribution >= 4 is 11.4 Å². The molecule has 5 aromatic carbocycles. The maximum atomic E-state index is 3.66. The van der Waals surface area contributed by atoms with Crippen molar-refractivity contribution in [3.8, 4) is 22.3 Å². The molecule has 1 atom stereocenters. The highest BCUT2D eigenvalue weighted by atomic mass is 14.9. The first-order chi connectivity index (χ1) is 18.8. The Labute approximate surface area is 227 Å². The fourth-order valence-corrected chi connectivity index (χ4v) is 4.92. The first kappa shape index (κ1) is 25.4. The van der Waals surface area contributed by atoms with Crippen LogP contribution in [-0.4, -0.2) is 6.54 Å². The topological polar surface area (TPSA) is 24.1 Å². The van der Waals surface area contributed by atoms with E-state index in [2.05, 4.69) is 151 Å². The normalized spacial score (nSPS) is 11.6. The van der Waals surface area contributed by atoms with Crippen molar-refractivity contribution in [2.75, 3.05) is 17.2 Å². The Morgan fingerprint density at radius 3 is 1.87 bits per heavy atom. The van der Waals surface area contributed by atoms with Crippen LogP contribution in [0.4, 0.5) is 11.4 Å². The van der Waals surface area contributed by atoms with Crippen LogP contribution in [0.2, 0.25) is 0 Å². The fraction of sp³-hybridized carbons (Fsp3) is 0.167. The number of hydrogen-bond acceptors (Lipinski definition) is 2. The highest BCUT2D eigenvalue weighted by Gasteiger charge is 2.10. The summed E-state index contributed by atoms with van der Waals surface area (Å²) in [5, 5.41) is 7.28. The van der Waals surface area contributed by atoms with Crippen molar-refractivity contribution in [2.24, 2.45) is 0 Å². The van der Waals surface area contributed by atoms with Crippen LogP contribution in [0.15, 0.2) is 133 Å². The molecule has 0 aromatic heterocycles. The molecule has 2 nitrogen and oxygen atoms in total. The smallest absolute Gasteiger partial charge is 0.0485 e. The third-order valence-corrected chi connectivity index (χ3v) is 7.05. The summed E-state index contributed by atoms with van der Waals surface area (Å²) in [6, 6.07) is 47.8. The van der Waals surface area contributed by atoms with Crippen LogP contribution in [0.1, 0.15) is 36.9 Å². The highest BCUT2D eigenvalue weighted by Crippen LogP contribution is 2.35. The first-order valence-electron chi connectivity index (χ1n) is 13.7. The van der Waals surface area contributed by atoms with Gasteiger partial charge in [0.1, 0.15) is 0 Å². The lowest BCUT2D eigenvalue weighted by atomic mass is 9.94. The van der Waals surface area contributed by atoms with Gasteiger partial charge in [-0.25, -0.2) is 0 Å². The summed E-state index contributed by atoms with van der Waals surface area (Å²) >= 11 is 0. The molecule has 38 heavy (non-hydrogen) atoms. The molecule has 0 spiro atoms. The van der Waals surface area contributed by atoms with Crippen LogP contribution in [0.3, 0.4) is 0 Å². The number of hydrogen-bond donors (Lipinski definition) is 2. The average Bonchev–Trinajstić information content (AvgIpc) is 2.99. The molecule has 190 valence electrons. The molecule has 0 aliphatic carbocycles. The van der Waals surface area contributed by atoms with Gasteiger partial charge in [0.2, 0.25) is 0 Å². The summed E-state index contributed by atoms with van der Waals surface area (Å²) < 4.78 is 0. The Morgan fingerprint density at radius 1 is 0.553 bits per heavy atom. The second kappa shape index (κ2) is 12.8.